The van der Waals surface area contributed by atoms with Gasteiger partial charge in [0.05, 0.1) is 0 Å². The van der Waals surface area contributed by atoms with Crippen molar-refractivity contribution in [1.29, 1.82) is 0 Å². The molecule has 0 aliphatic heterocycles. The van der Waals surface area contributed by atoms with Gasteiger partial charge in [0.25, 0.3) is 0 Å². The molecule has 0 bridgehead atoms. The van der Waals surface area contributed by atoms with Gasteiger partial charge in [-0.1, -0.05) is 32.6 Å². The molecule has 2 aliphatic rings. The second-order valence-corrected chi connectivity index (χ2v) is 7.24. The summed E-state index contributed by atoms with van der Waals surface area (Å²) in [6.07, 6.45) is 13.4. The highest BCUT2D eigenvalue weighted by Gasteiger charge is 2.21. The lowest BCUT2D eigenvalue weighted by Gasteiger charge is -2.14. The average molecular weight is 258 g/mol. The predicted molar refractivity (Wildman–Crippen MR) is 75.4 cm³/mol. The highest BCUT2D eigenvalue weighted by atomic mass is 31.1. The van der Waals surface area contributed by atoms with E-state index in [1.807, 2.05) is 6.92 Å². The molecule has 0 aromatic heterocycles. The SMILES string of the molecule is C1CCC(PC2CCCC2)C1.CCCC(=O)O. The first-order valence-electron chi connectivity index (χ1n) is 7.20. The molecule has 2 rings (SSSR count). The van der Waals surface area contributed by atoms with Gasteiger partial charge in [-0.05, 0) is 43.4 Å². The van der Waals surface area contributed by atoms with Crippen molar-refractivity contribution in [3.63, 3.8) is 0 Å². The number of rotatable bonds is 4. The molecule has 2 fully saturated rings. The number of hydrogen-bond acceptors (Lipinski definition) is 1. The van der Waals surface area contributed by atoms with E-state index in [1.165, 1.54) is 34.3 Å². The molecule has 2 aliphatic carbocycles. The van der Waals surface area contributed by atoms with Gasteiger partial charge in [0.2, 0.25) is 0 Å². The van der Waals surface area contributed by atoms with Crippen LogP contribution in [-0.2, 0) is 4.79 Å². The molecule has 0 spiro atoms. The Kier molecular flexibility index (Phi) is 7.84. The molecule has 100 valence electrons. The van der Waals surface area contributed by atoms with E-state index in [-0.39, 0.29) is 0 Å². The van der Waals surface area contributed by atoms with Gasteiger partial charge in [0.1, 0.15) is 0 Å². The van der Waals surface area contributed by atoms with Crippen LogP contribution in [0.25, 0.3) is 0 Å². The lowest BCUT2D eigenvalue weighted by molar-refractivity contribution is -0.137. The first-order valence-corrected chi connectivity index (χ1v) is 8.35. The largest absolute Gasteiger partial charge is 0.481 e. The number of carboxylic acids is 1. The Labute approximate surface area is 107 Å². The van der Waals surface area contributed by atoms with Crippen LogP contribution in [-0.4, -0.2) is 22.4 Å². The summed E-state index contributed by atoms with van der Waals surface area (Å²) in [4.78, 5) is 9.60. The third-order valence-corrected chi connectivity index (χ3v) is 5.74. The van der Waals surface area contributed by atoms with E-state index in [1.54, 1.807) is 25.7 Å². The quantitative estimate of drug-likeness (QED) is 0.758. The van der Waals surface area contributed by atoms with Crippen molar-refractivity contribution < 1.29 is 9.90 Å². The highest BCUT2D eigenvalue weighted by molar-refractivity contribution is 7.39. The molecule has 0 aromatic carbocycles. The standard InChI is InChI=1S/C10H19P.C4H8O2/c1-2-6-9(5-1)11-10-7-3-4-8-10;1-2-3-4(5)6/h9-11H,1-8H2;2-3H2,1H3,(H,5,6). The van der Waals surface area contributed by atoms with Crippen LogP contribution in [0.3, 0.4) is 0 Å². The lowest BCUT2D eigenvalue weighted by Crippen LogP contribution is -2.00. The van der Waals surface area contributed by atoms with Gasteiger partial charge in [0.15, 0.2) is 0 Å². The zero-order valence-corrected chi connectivity index (χ0v) is 12.1. The Morgan fingerprint density at radius 3 is 1.71 bits per heavy atom. The van der Waals surface area contributed by atoms with Crippen molar-refractivity contribution in [3.05, 3.63) is 0 Å². The molecule has 0 radical (unpaired) electrons. The van der Waals surface area contributed by atoms with E-state index >= 15 is 0 Å². The summed E-state index contributed by atoms with van der Waals surface area (Å²) >= 11 is 0. The van der Waals surface area contributed by atoms with Gasteiger partial charge in [-0.2, -0.15) is 0 Å². The van der Waals surface area contributed by atoms with Crippen molar-refractivity contribution in [3.8, 4) is 0 Å². The van der Waals surface area contributed by atoms with Crippen LogP contribution in [0.15, 0.2) is 0 Å². The topological polar surface area (TPSA) is 37.3 Å². The molecule has 0 aromatic rings. The van der Waals surface area contributed by atoms with Gasteiger partial charge in [-0.25, -0.2) is 0 Å². The molecule has 0 atom stereocenters. The molecule has 1 N–H and O–H groups in total. The second kappa shape index (κ2) is 8.91. The predicted octanol–water partition coefficient (Wildman–Crippen LogP) is 4.42. The summed E-state index contributed by atoms with van der Waals surface area (Å²) in [7, 11) is 1.34. The number of carbonyl (C=O) groups is 1. The van der Waals surface area contributed by atoms with Crippen LogP contribution in [0.4, 0.5) is 0 Å². The minimum atomic E-state index is -0.711. The van der Waals surface area contributed by atoms with Gasteiger partial charge < -0.3 is 5.11 Å². The maximum absolute atomic E-state index is 9.60. The normalized spacial score (nSPS) is 21.2. The zero-order valence-electron chi connectivity index (χ0n) is 11.1. The Morgan fingerprint density at radius 2 is 1.47 bits per heavy atom. The molecular weight excluding hydrogens is 231 g/mol. The van der Waals surface area contributed by atoms with Crippen molar-refractivity contribution in [2.45, 2.75) is 82.4 Å². The third-order valence-electron chi connectivity index (χ3n) is 3.65. The fraction of sp³-hybridized carbons (Fsp3) is 0.929. The van der Waals surface area contributed by atoms with Gasteiger partial charge >= 0.3 is 5.97 Å². The Balaban J connectivity index is 0.000000209. The van der Waals surface area contributed by atoms with E-state index < -0.39 is 5.97 Å². The molecular formula is C14H27O2P. The van der Waals surface area contributed by atoms with Gasteiger partial charge in [-0.3, -0.25) is 4.79 Å². The first-order chi connectivity index (χ1) is 8.22. The minimum Gasteiger partial charge on any atom is -0.481 e. The fourth-order valence-corrected chi connectivity index (χ4v) is 4.88. The highest BCUT2D eigenvalue weighted by Crippen LogP contribution is 2.43. The Bertz CT molecular complexity index is 192. The maximum atomic E-state index is 9.60. The number of carboxylic acid groups (broad SMARTS) is 1. The summed E-state index contributed by atoms with van der Waals surface area (Å²) in [5.74, 6) is -0.711. The average Bonchev–Trinajstić information content (AvgIpc) is 2.92. The lowest BCUT2D eigenvalue weighted by atomic mass is 10.4. The minimum absolute atomic E-state index is 0.292. The van der Waals surface area contributed by atoms with E-state index in [0.29, 0.717) is 6.42 Å². The monoisotopic (exact) mass is 258 g/mol. The summed E-state index contributed by atoms with van der Waals surface area (Å²) in [5, 5.41) is 7.91. The summed E-state index contributed by atoms with van der Waals surface area (Å²) in [5.41, 5.74) is 2.33. The maximum Gasteiger partial charge on any atom is 0.303 e. The van der Waals surface area contributed by atoms with E-state index in [0.717, 1.165) is 17.7 Å². The molecule has 0 amide bonds. The number of hydrogen-bond donors (Lipinski definition) is 1. The van der Waals surface area contributed by atoms with E-state index in [9.17, 15) is 4.79 Å². The summed E-state index contributed by atoms with van der Waals surface area (Å²) in [6, 6.07) is 0. The molecule has 0 saturated heterocycles. The molecule has 17 heavy (non-hydrogen) atoms. The van der Waals surface area contributed by atoms with Crippen LogP contribution in [0.2, 0.25) is 0 Å². The first kappa shape index (κ1) is 15.0. The number of aliphatic carboxylic acids is 1. The van der Waals surface area contributed by atoms with Crippen molar-refractivity contribution in [1.82, 2.24) is 0 Å². The van der Waals surface area contributed by atoms with Crippen molar-refractivity contribution >= 4 is 14.6 Å². The Morgan fingerprint density at radius 1 is 1.06 bits per heavy atom. The smallest absolute Gasteiger partial charge is 0.303 e. The van der Waals surface area contributed by atoms with Gasteiger partial charge in [0, 0.05) is 6.42 Å². The van der Waals surface area contributed by atoms with Crippen molar-refractivity contribution in [2.24, 2.45) is 0 Å². The van der Waals surface area contributed by atoms with Crippen LogP contribution >= 0.6 is 8.58 Å². The van der Waals surface area contributed by atoms with Crippen LogP contribution < -0.4 is 0 Å². The van der Waals surface area contributed by atoms with Crippen LogP contribution in [0, 0.1) is 0 Å². The summed E-state index contributed by atoms with van der Waals surface area (Å²) < 4.78 is 0. The molecule has 0 heterocycles. The summed E-state index contributed by atoms with van der Waals surface area (Å²) in [6.45, 7) is 1.84. The second-order valence-electron chi connectivity index (χ2n) is 5.27. The zero-order chi connectivity index (χ0) is 12.5. The molecule has 0 unspecified atom stereocenters. The fourth-order valence-electron chi connectivity index (χ4n) is 2.73. The molecule has 2 saturated carbocycles. The van der Waals surface area contributed by atoms with Crippen molar-refractivity contribution in [2.75, 3.05) is 0 Å². The molecule has 2 nitrogen and oxygen atoms in total. The van der Waals surface area contributed by atoms with Crippen LogP contribution in [0.1, 0.15) is 71.1 Å². The van der Waals surface area contributed by atoms with Crippen LogP contribution in [0.5, 0.6) is 0 Å². The van der Waals surface area contributed by atoms with E-state index in [2.05, 4.69) is 0 Å². The molecule has 3 heteroatoms. The Hall–Kier alpha value is -0.100. The third kappa shape index (κ3) is 7.03. The van der Waals surface area contributed by atoms with Gasteiger partial charge in [-0.15, -0.1) is 8.58 Å². The van der Waals surface area contributed by atoms with E-state index in [4.69, 9.17) is 5.11 Å².